The van der Waals surface area contributed by atoms with E-state index in [9.17, 15) is 9.59 Å². The van der Waals surface area contributed by atoms with Gasteiger partial charge in [-0.2, -0.15) is 0 Å². The molecule has 0 unspecified atom stereocenters. The third kappa shape index (κ3) is 3.09. The highest BCUT2D eigenvalue weighted by molar-refractivity contribution is 7.71. The predicted octanol–water partition coefficient (Wildman–Crippen LogP) is 2.73. The second kappa shape index (κ2) is 5.85. The van der Waals surface area contributed by atoms with E-state index in [-0.39, 0.29) is 22.8 Å². The number of H-pyrrole nitrogens is 2. The van der Waals surface area contributed by atoms with Gasteiger partial charge in [0.2, 0.25) is 0 Å². The Morgan fingerprint density at radius 3 is 2.78 bits per heavy atom. The lowest BCUT2D eigenvalue weighted by Gasteiger charge is -2.08. The summed E-state index contributed by atoms with van der Waals surface area (Å²) in [5, 5.41) is 2.75. The molecule has 0 aliphatic heterocycles. The molecule has 3 aromatic rings. The lowest BCUT2D eigenvalue weighted by molar-refractivity contribution is 0.0951. The highest BCUT2D eigenvalue weighted by Gasteiger charge is 2.11. The monoisotopic (exact) mass is 329 g/mol. The molecule has 23 heavy (non-hydrogen) atoms. The summed E-state index contributed by atoms with van der Waals surface area (Å²) in [6.07, 6.45) is 0. The standard InChI is InChI=1S/C16H15N3O3S/c1-8-5-9(2)18-15(21)11(8)7-17-14(20)10-3-4-12-13(6-10)22-16(23)19-12/h3-6H,7H2,1-2H3,(H,17,20)(H,18,21)(H,19,23). The van der Waals surface area contributed by atoms with Gasteiger partial charge in [0, 0.05) is 23.4 Å². The molecule has 0 radical (unpaired) electrons. The Morgan fingerprint density at radius 2 is 2.04 bits per heavy atom. The molecular formula is C16H15N3O3S. The maximum absolute atomic E-state index is 12.3. The van der Waals surface area contributed by atoms with Crippen molar-refractivity contribution >= 4 is 29.2 Å². The number of aromatic nitrogens is 2. The number of fused-ring (bicyclic) bond motifs is 1. The van der Waals surface area contributed by atoms with Crippen LogP contribution >= 0.6 is 12.2 Å². The van der Waals surface area contributed by atoms with Crippen LogP contribution in [0.4, 0.5) is 0 Å². The van der Waals surface area contributed by atoms with Crippen LogP contribution in [0.1, 0.15) is 27.2 Å². The number of rotatable bonds is 3. The van der Waals surface area contributed by atoms with E-state index in [4.69, 9.17) is 16.6 Å². The summed E-state index contributed by atoms with van der Waals surface area (Å²) in [5.74, 6) is -0.284. The normalized spacial score (nSPS) is 10.9. The van der Waals surface area contributed by atoms with Crippen LogP contribution in [0.25, 0.3) is 11.1 Å². The minimum absolute atomic E-state index is 0.162. The second-order valence-electron chi connectivity index (χ2n) is 5.35. The lowest BCUT2D eigenvalue weighted by atomic mass is 10.1. The van der Waals surface area contributed by atoms with Gasteiger partial charge in [0.15, 0.2) is 5.58 Å². The number of nitrogens with one attached hydrogen (secondary N) is 3. The number of aryl methyl sites for hydroxylation is 2. The Labute approximate surface area is 136 Å². The van der Waals surface area contributed by atoms with Crippen molar-refractivity contribution in [3.05, 3.63) is 61.8 Å². The van der Waals surface area contributed by atoms with Gasteiger partial charge >= 0.3 is 0 Å². The summed E-state index contributed by atoms with van der Waals surface area (Å²) in [6.45, 7) is 3.83. The van der Waals surface area contributed by atoms with Crippen LogP contribution in [0.2, 0.25) is 0 Å². The molecule has 6 nitrogen and oxygen atoms in total. The van der Waals surface area contributed by atoms with Crippen molar-refractivity contribution in [1.29, 1.82) is 0 Å². The molecule has 2 heterocycles. The Balaban J connectivity index is 1.81. The van der Waals surface area contributed by atoms with Crippen LogP contribution in [0, 0.1) is 18.7 Å². The molecule has 0 atom stereocenters. The average Bonchev–Trinajstić information content (AvgIpc) is 2.84. The van der Waals surface area contributed by atoms with Crippen molar-refractivity contribution in [2.24, 2.45) is 0 Å². The van der Waals surface area contributed by atoms with Gasteiger partial charge in [0.1, 0.15) is 0 Å². The fourth-order valence-electron chi connectivity index (χ4n) is 2.46. The molecule has 0 fully saturated rings. The summed E-state index contributed by atoms with van der Waals surface area (Å²) in [5.41, 5.74) is 3.69. The molecular weight excluding hydrogens is 314 g/mol. The van der Waals surface area contributed by atoms with E-state index >= 15 is 0 Å². The second-order valence-corrected chi connectivity index (χ2v) is 5.72. The van der Waals surface area contributed by atoms with Crippen LogP contribution in [0.5, 0.6) is 0 Å². The molecule has 2 aromatic heterocycles. The SMILES string of the molecule is Cc1cc(C)c(CNC(=O)c2ccc3[nH]c(=S)oc3c2)c(=O)[nH]1. The van der Waals surface area contributed by atoms with Crippen molar-refractivity contribution in [3.8, 4) is 0 Å². The highest BCUT2D eigenvalue weighted by atomic mass is 32.1. The number of hydrogen-bond acceptors (Lipinski definition) is 4. The number of hydrogen-bond donors (Lipinski definition) is 3. The summed E-state index contributed by atoms with van der Waals surface area (Å²) in [4.78, 5) is 30.1. The summed E-state index contributed by atoms with van der Waals surface area (Å²) >= 11 is 4.92. The number of amides is 1. The van der Waals surface area contributed by atoms with Crippen molar-refractivity contribution in [2.45, 2.75) is 20.4 Å². The van der Waals surface area contributed by atoms with Gasteiger partial charge in [0.25, 0.3) is 16.3 Å². The first-order valence-electron chi connectivity index (χ1n) is 7.04. The molecule has 3 rings (SSSR count). The summed E-state index contributed by atoms with van der Waals surface area (Å²) < 4.78 is 5.30. The van der Waals surface area contributed by atoms with Crippen LogP contribution < -0.4 is 10.9 Å². The molecule has 0 saturated carbocycles. The van der Waals surface area contributed by atoms with Crippen molar-refractivity contribution in [3.63, 3.8) is 0 Å². The van der Waals surface area contributed by atoms with E-state index in [0.717, 1.165) is 16.8 Å². The van der Waals surface area contributed by atoms with Crippen molar-refractivity contribution in [1.82, 2.24) is 15.3 Å². The first-order valence-corrected chi connectivity index (χ1v) is 7.45. The topological polar surface area (TPSA) is 90.9 Å². The van der Waals surface area contributed by atoms with Gasteiger partial charge < -0.3 is 19.7 Å². The van der Waals surface area contributed by atoms with E-state index in [2.05, 4.69) is 15.3 Å². The number of pyridine rings is 1. The van der Waals surface area contributed by atoms with Gasteiger partial charge in [-0.1, -0.05) is 0 Å². The molecule has 0 aliphatic carbocycles. The molecule has 1 amide bonds. The van der Waals surface area contributed by atoms with Crippen molar-refractivity contribution < 1.29 is 9.21 Å². The number of carbonyl (C=O) groups is 1. The van der Waals surface area contributed by atoms with Gasteiger partial charge in [-0.25, -0.2) is 0 Å². The largest absolute Gasteiger partial charge is 0.429 e. The summed E-state index contributed by atoms with van der Waals surface area (Å²) in [6, 6.07) is 6.89. The fourth-order valence-corrected chi connectivity index (χ4v) is 2.66. The zero-order chi connectivity index (χ0) is 16.6. The molecule has 118 valence electrons. The van der Waals surface area contributed by atoms with E-state index in [1.807, 2.05) is 19.9 Å². The fraction of sp³-hybridized carbons (Fsp3) is 0.188. The Morgan fingerprint density at radius 1 is 1.26 bits per heavy atom. The molecule has 0 spiro atoms. The highest BCUT2D eigenvalue weighted by Crippen LogP contribution is 2.15. The van der Waals surface area contributed by atoms with Crippen LogP contribution in [0.15, 0.2) is 33.5 Å². The quantitative estimate of drug-likeness (QED) is 0.644. The molecule has 0 saturated heterocycles. The third-order valence-electron chi connectivity index (χ3n) is 3.60. The number of carbonyl (C=O) groups excluding carboxylic acids is 1. The smallest absolute Gasteiger partial charge is 0.266 e. The molecule has 0 aliphatic rings. The van der Waals surface area contributed by atoms with Gasteiger partial charge in [-0.05, 0) is 55.9 Å². The lowest BCUT2D eigenvalue weighted by Crippen LogP contribution is -2.27. The van der Waals surface area contributed by atoms with E-state index in [0.29, 0.717) is 16.7 Å². The zero-order valence-corrected chi connectivity index (χ0v) is 13.5. The maximum Gasteiger partial charge on any atom is 0.266 e. The van der Waals surface area contributed by atoms with Crippen LogP contribution in [0.3, 0.4) is 0 Å². The summed E-state index contributed by atoms with van der Waals surface area (Å²) in [7, 11) is 0. The van der Waals surface area contributed by atoms with Gasteiger partial charge in [-0.15, -0.1) is 0 Å². The number of benzene rings is 1. The third-order valence-corrected chi connectivity index (χ3v) is 3.79. The Hall–Kier alpha value is -2.67. The molecule has 0 bridgehead atoms. The van der Waals surface area contributed by atoms with E-state index in [1.165, 1.54) is 0 Å². The minimum atomic E-state index is -0.284. The number of oxazole rings is 1. The Kier molecular flexibility index (Phi) is 3.87. The predicted molar refractivity (Wildman–Crippen MR) is 89.1 cm³/mol. The van der Waals surface area contributed by atoms with E-state index in [1.54, 1.807) is 18.2 Å². The first-order chi connectivity index (χ1) is 10.9. The van der Waals surface area contributed by atoms with E-state index < -0.39 is 0 Å². The Bertz CT molecular complexity index is 1010. The minimum Gasteiger partial charge on any atom is -0.429 e. The van der Waals surface area contributed by atoms with Gasteiger partial charge in [0.05, 0.1) is 5.52 Å². The number of aromatic amines is 2. The molecule has 7 heteroatoms. The van der Waals surface area contributed by atoms with Crippen LogP contribution in [-0.4, -0.2) is 15.9 Å². The van der Waals surface area contributed by atoms with Gasteiger partial charge in [-0.3, -0.25) is 9.59 Å². The molecule has 1 aromatic carbocycles. The van der Waals surface area contributed by atoms with Crippen molar-refractivity contribution in [2.75, 3.05) is 0 Å². The molecule has 3 N–H and O–H groups in total. The maximum atomic E-state index is 12.3. The first kappa shape index (κ1) is 15.2. The average molecular weight is 329 g/mol. The van der Waals surface area contributed by atoms with Crippen LogP contribution in [-0.2, 0) is 6.54 Å². The zero-order valence-electron chi connectivity index (χ0n) is 12.6.